The van der Waals surface area contributed by atoms with Crippen LogP contribution in [0.5, 0.6) is 11.5 Å². The van der Waals surface area contributed by atoms with E-state index < -0.39 is 0 Å². The molecule has 2 heterocycles. The number of rotatable bonds is 5. The minimum absolute atomic E-state index is 0.0458. The number of carbonyl (C=O) groups excluding carboxylic acids is 1. The number of hydrogen-bond donors (Lipinski definition) is 1. The molecule has 6 nitrogen and oxygen atoms in total. The number of hydrogen-bond acceptors (Lipinski definition) is 4. The fourth-order valence-corrected chi connectivity index (χ4v) is 4.01. The zero-order valence-corrected chi connectivity index (χ0v) is 16.9. The Balaban J connectivity index is 1.47. The smallest absolute Gasteiger partial charge is 0.321 e. The number of piperidine rings is 2. The summed E-state index contributed by atoms with van der Waals surface area (Å²) in [6, 6.07) is 5.37. The van der Waals surface area contributed by atoms with Crippen LogP contribution in [-0.4, -0.2) is 62.8 Å². The third-order valence-electron chi connectivity index (χ3n) is 5.90. The SMILES string of the molecule is COc1cc(NC(=O)N2CCC(CN3CCC(C)CC3)CC2)cc(OC)c1. The number of carbonyl (C=O) groups is 1. The lowest BCUT2D eigenvalue weighted by Gasteiger charge is -2.37. The van der Waals surface area contributed by atoms with E-state index in [1.807, 2.05) is 17.0 Å². The van der Waals surface area contributed by atoms with Crippen molar-refractivity contribution in [3.63, 3.8) is 0 Å². The summed E-state index contributed by atoms with van der Waals surface area (Å²) >= 11 is 0. The number of likely N-dealkylation sites (tertiary alicyclic amines) is 2. The fourth-order valence-electron chi connectivity index (χ4n) is 4.01. The highest BCUT2D eigenvalue weighted by molar-refractivity contribution is 5.89. The van der Waals surface area contributed by atoms with Crippen molar-refractivity contribution in [3.05, 3.63) is 18.2 Å². The molecule has 0 radical (unpaired) electrons. The molecule has 0 atom stereocenters. The van der Waals surface area contributed by atoms with Gasteiger partial charge in [-0.3, -0.25) is 0 Å². The minimum atomic E-state index is -0.0458. The Morgan fingerprint density at radius 2 is 1.59 bits per heavy atom. The molecule has 0 bridgehead atoms. The van der Waals surface area contributed by atoms with Gasteiger partial charge in [0, 0.05) is 43.5 Å². The maximum absolute atomic E-state index is 12.6. The summed E-state index contributed by atoms with van der Waals surface area (Å²) in [5, 5.41) is 2.98. The minimum Gasteiger partial charge on any atom is -0.497 e. The van der Waals surface area contributed by atoms with Crippen LogP contribution in [0, 0.1) is 11.8 Å². The molecule has 6 heteroatoms. The third-order valence-corrected chi connectivity index (χ3v) is 5.90. The maximum Gasteiger partial charge on any atom is 0.321 e. The highest BCUT2D eigenvalue weighted by Gasteiger charge is 2.25. The van der Waals surface area contributed by atoms with Gasteiger partial charge in [-0.1, -0.05) is 6.92 Å². The van der Waals surface area contributed by atoms with Gasteiger partial charge in [0.1, 0.15) is 11.5 Å². The Morgan fingerprint density at radius 1 is 1.00 bits per heavy atom. The van der Waals surface area contributed by atoms with Gasteiger partial charge in [0.25, 0.3) is 0 Å². The van der Waals surface area contributed by atoms with Crippen LogP contribution in [0.2, 0.25) is 0 Å². The molecular formula is C21H33N3O3. The zero-order chi connectivity index (χ0) is 19.2. The van der Waals surface area contributed by atoms with E-state index in [4.69, 9.17) is 9.47 Å². The van der Waals surface area contributed by atoms with Gasteiger partial charge in [-0.05, 0) is 50.6 Å². The van der Waals surface area contributed by atoms with E-state index in [1.165, 1.54) is 32.5 Å². The molecule has 150 valence electrons. The summed E-state index contributed by atoms with van der Waals surface area (Å²) in [6.45, 7) is 7.66. The molecule has 0 unspecified atom stereocenters. The number of anilines is 1. The second kappa shape index (κ2) is 9.31. The van der Waals surface area contributed by atoms with Crippen LogP contribution in [0.15, 0.2) is 18.2 Å². The van der Waals surface area contributed by atoms with Crippen molar-refractivity contribution in [2.75, 3.05) is 52.3 Å². The molecule has 1 aromatic carbocycles. The molecule has 0 aliphatic carbocycles. The Labute approximate surface area is 162 Å². The number of ether oxygens (including phenoxy) is 2. The first-order valence-electron chi connectivity index (χ1n) is 10.1. The van der Waals surface area contributed by atoms with E-state index in [-0.39, 0.29) is 6.03 Å². The second-order valence-electron chi connectivity index (χ2n) is 7.95. The number of nitrogens with zero attached hydrogens (tertiary/aromatic N) is 2. The van der Waals surface area contributed by atoms with Gasteiger partial charge >= 0.3 is 6.03 Å². The van der Waals surface area contributed by atoms with Gasteiger partial charge in [0.05, 0.1) is 14.2 Å². The van der Waals surface area contributed by atoms with E-state index in [1.54, 1.807) is 20.3 Å². The first-order chi connectivity index (χ1) is 13.1. The van der Waals surface area contributed by atoms with Gasteiger partial charge in [-0.25, -0.2) is 4.79 Å². The van der Waals surface area contributed by atoms with E-state index in [2.05, 4.69) is 17.1 Å². The summed E-state index contributed by atoms with van der Waals surface area (Å²) in [7, 11) is 3.21. The highest BCUT2D eigenvalue weighted by Crippen LogP contribution is 2.27. The van der Waals surface area contributed by atoms with Crippen molar-refractivity contribution in [2.24, 2.45) is 11.8 Å². The van der Waals surface area contributed by atoms with Crippen molar-refractivity contribution < 1.29 is 14.3 Å². The van der Waals surface area contributed by atoms with Crippen molar-refractivity contribution in [1.82, 2.24) is 9.80 Å². The normalized spacial score (nSPS) is 19.7. The third kappa shape index (κ3) is 5.51. The Hall–Kier alpha value is -1.95. The molecule has 0 aromatic heterocycles. The van der Waals surface area contributed by atoms with Crippen LogP contribution < -0.4 is 14.8 Å². The molecule has 3 rings (SSSR count). The second-order valence-corrected chi connectivity index (χ2v) is 7.95. The quantitative estimate of drug-likeness (QED) is 0.853. The first kappa shape index (κ1) is 19.8. The summed E-state index contributed by atoms with van der Waals surface area (Å²) in [5.41, 5.74) is 0.695. The van der Waals surface area contributed by atoms with Crippen molar-refractivity contribution >= 4 is 11.7 Å². The van der Waals surface area contributed by atoms with Crippen LogP contribution in [0.25, 0.3) is 0 Å². The largest absolute Gasteiger partial charge is 0.497 e. The van der Waals surface area contributed by atoms with E-state index >= 15 is 0 Å². The molecular weight excluding hydrogens is 342 g/mol. The summed E-state index contributed by atoms with van der Waals surface area (Å²) < 4.78 is 10.5. The Morgan fingerprint density at radius 3 is 2.15 bits per heavy atom. The van der Waals surface area contributed by atoms with Gasteiger partial charge in [-0.15, -0.1) is 0 Å². The molecule has 0 spiro atoms. The lowest BCUT2D eigenvalue weighted by molar-refractivity contribution is 0.130. The van der Waals surface area contributed by atoms with E-state index in [0.717, 1.165) is 31.8 Å². The molecule has 2 fully saturated rings. The molecule has 2 aliphatic heterocycles. The summed E-state index contributed by atoms with van der Waals surface area (Å²) in [5.74, 6) is 2.92. The van der Waals surface area contributed by atoms with Crippen LogP contribution in [0.3, 0.4) is 0 Å². The molecule has 2 amide bonds. The Bertz CT molecular complexity index is 599. The molecule has 0 saturated carbocycles. The van der Waals surface area contributed by atoms with Crippen molar-refractivity contribution in [1.29, 1.82) is 0 Å². The van der Waals surface area contributed by atoms with Crippen LogP contribution >= 0.6 is 0 Å². The standard InChI is InChI=1S/C21H33N3O3/c1-16-4-8-23(9-5-16)15-17-6-10-24(11-7-17)21(25)22-18-12-19(26-2)14-20(13-18)27-3/h12-14,16-17H,4-11,15H2,1-3H3,(H,22,25). The lowest BCUT2D eigenvalue weighted by Crippen LogP contribution is -2.44. The van der Waals surface area contributed by atoms with Crippen molar-refractivity contribution in [2.45, 2.75) is 32.6 Å². The van der Waals surface area contributed by atoms with Gasteiger partial charge in [0.15, 0.2) is 0 Å². The van der Waals surface area contributed by atoms with Gasteiger partial charge < -0.3 is 24.6 Å². The molecule has 2 aliphatic rings. The zero-order valence-electron chi connectivity index (χ0n) is 16.9. The average Bonchev–Trinajstić information content (AvgIpc) is 2.70. The molecule has 1 aromatic rings. The number of urea groups is 1. The van der Waals surface area contributed by atoms with E-state index in [9.17, 15) is 4.79 Å². The average molecular weight is 376 g/mol. The monoisotopic (exact) mass is 375 g/mol. The van der Waals surface area contributed by atoms with Crippen molar-refractivity contribution in [3.8, 4) is 11.5 Å². The van der Waals surface area contributed by atoms with Crippen LogP contribution in [0.4, 0.5) is 10.5 Å². The molecule has 2 saturated heterocycles. The summed E-state index contributed by atoms with van der Waals surface area (Å²) in [4.78, 5) is 17.2. The van der Waals surface area contributed by atoms with Crippen LogP contribution in [0.1, 0.15) is 32.6 Å². The topological polar surface area (TPSA) is 54.0 Å². The Kier molecular flexibility index (Phi) is 6.83. The van der Waals surface area contributed by atoms with Crippen LogP contribution in [-0.2, 0) is 0 Å². The fraction of sp³-hybridized carbons (Fsp3) is 0.667. The highest BCUT2D eigenvalue weighted by atomic mass is 16.5. The predicted octanol–water partition coefficient (Wildman–Crippen LogP) is 3.68. The predicted molar refractivity (Wildman–Crippen MR) is 108 cm³/mol. The number of benzene rings is 1. The maximum atomic E-state index is 12.6. The van der Waals surface area contributed by atoms with Gasteiger partial charge in [0.2, 0.25) is 0 Å². The number of methoxy groups -OCH3 is 2. The lowest BCUT2D eigenvalue weighted by atomic mass is 9.93. The number of amides is 2. The summed E-state index contributed by atoms with van der Waals surface area (Å²) in [6.07, 6.45) is 4.82. The number of nitrogens with one attached hydrogen (secondary N) is 1. The van der Waals surface area contributed by atoms with Gasteiger partial charge in [-0.2, -0.15) is 0 Å². The molecule has 27 heavy (non-hydrogen) atoms. The van der Waals surface area contributed by atoms with E-state index in [0.29, 0.717) is 23.1 Å². The molecule has 1 N–H and O–H groups in total. The first-order valence-corrected chi connectivity index (χ1v) is 10.1.